The molecule has 0 aromatic heterocycles. The Morgan fingerprint density at radius 2 is 1.78 bits per heavy atom. The zero-order valence-electron chi connectivity index (χ0n) is 15.5. The van der Waals surface area contributed by atoms with Crippen LogP contribution in [-0.2, 0) is 6.42 Å². The van der Waals surface area contributed by atoms with E-state index in [9.17, 15) is 9.90 Å². The van der Waals surface area contributed by atoms with E-state index in [2.05, 4.69) is 0 Å². The number of aliphatic hydroxyl groups excluding tert-OH is 1. The van der Waals surface area contributed by atoms with Crippen LogP contribution in [0.2, 0.25) is 0 Å². The van der Waals surface area contributed by atoms with Crippen LogP contribution in [0.4, 0.5) is 0 Å². The predicted octanol–water partition coefficient (Wildman–Crippen LogP) is 2.62. The van der Waals surface area contributed by atoms with Gasteiger partial charge in [0.1, 0.15) is 5.75 Å². The number of hydrogen-bond donors (Lipinski definition) is 1. The molecule has 1 aliphatic rings. The summed E-state index contributed by atoms with van der Waals surface area (Å²) in [7, 11) is 4.60. The Morgan fingerprint density at radius 1 is 1.07 bits per heavy atom. The van der Waals surface area contributed by atoms with E-state index in [0.29, 0.717) is 39.9 Å². The molecule has 0 saturated carbocycles. The van der Waals surface area contributed by atoms with Crippen LogP contribution >= 0.6 is 0 Å². The Bertz CT molecular complexity index is 814. The number of rotatable bonds is 8. The van der Waals surface area contributed by atoms with E-state index >= 15 is 0 Å². The van der Waals surface area contributed by atoms with E-state index in [4.69, 9.17) is 23.7 Å². The number of aliphatic hydroxyl groups is 1. The number of methoxy groups -OCH3 is 3. The van der Waals surface area contributed by atoms with Crippen LogP contribution in [0.5, 0.6) is 28.7 Å². The predicted molar refractivity (Wildman–Crippen MR) is 97.3 cm³/mol. The molecule has 0 spiro atoms. The van der Waals surface area contributed by atoms with Crippen molar-refractivity contribution in [1.29, 1.82) is 0 Å². The van der Waals surface area contributed by atoms with Gasteiger partial charge in [0.15, 0.2) is 17.3 Å². The summed E-state index contributed by atoms with van der Waals surface area (Å²) < 4.78 is 26.7. The van der Waals surface area contributed by atoms with Crippen molar-refractivity contribution in [3.63, 3.8) is 0 Å². The van der Waals surface area contributed by atoms with E-state index < -0.39 is 6.10 Å². The lowest BCUT2D eigenvalue weighted by atomic mass is 9.99. The van der Waals surface area contributed by atoms with E-state index in [-0.39, 0.29) is 25.4 Å². The molecule has 3 rings (SSSR count). The highest BCUT2D eigenvalue weighted by atomic mass is 16.7. The van der Waals surface area contributed by atoms with Crippen LogP contribution in [0, 0.1) is 0 Å². The molecular formula is C20H22O7. The molecule has 0 radical (unpaired) electrons. The van der Waals surface area contributed by atoms with Crippen molar-refractivity contribution in [2.75, 3.05) is 28.1 Å². The van der Waals surface area contributed by atoms with Gasteiger partial charge in [0, 0.05) is 24.0 Å². The largest absolute Gasteiger partial charge is 0.497 e. The summed E-state index contributed by atoms with van der Waals surface area (Å²) in [6, 6.07) is 8.51. The van der Waals surface area contributed by atoms with Gasteiger partial charge in [-0.25, -0.2) is 0 Å². The minimum atomic E-state index is -0.890. The molecule has 2 aromatic rings. The number of benzene rings is 2. The van der Waals surface area contributed by atoms with Gasteiger partial charge >= 0.3 is 0 Å². The number of Topliss-reactive ketones (excluding diaryl/α,β-unsaturated/α-hetero) is 1. The summed E-state index contributed by atoms with van der Waals surface area (Å²) in [4.78, 5) is 12.4. The normalized spacial score (nSPS) is 13.2. The first-order chi connectivity index (χ1) is 13.1. The van der Waals surface area contributed by atoms with Gasteiger partial charge in [-0.05, 0) is 30.3 Å². The van der Waals surface area contributed by atoms with Crippen molar-refractivity contribution < 1.29 is 33.6 Å². The molecule has 7 nitrogen and oxygen atoms in total. The summed E-state index contributed by atoms with van der Waals surface area (Å²) in [6.07, 6.45) is -0.705. The van der Waals surface area contributed by atoms with Gasteiger partial charge in [-0.2, -0.15) is 0 Å². The molecule has 0 bridgehead atoms. The van der Waals surface area contributed by atoms with Crippen LogP contribution in [0.3, 0.4) is 0 Å². The SMILES string of the molecule is COc1ccc(C(=O)C[C@H](O)Cc2cc(OC)c3c(c2OC)OCO3)cc1. The first kappa shape index (κ1) is 18.8. The van der Waals surface area contributed by atoms with E-state index in [1.807, 2.05) is 0 Å². The summed E-state index contributed by atoms with van der Waals surface area (Å²) in [5, 5.41) is 10.5. The zero-order chi connectivity index (χ0) is 19.4. The average molecular weight is 374 g/mol. The fourth-order valence-corrected chi connectivity index (χ4v) is 3.03. The Labute approximate surface area is 157 Å². The quantitative estimate of drug-likeness (QED) is 0.711. The van der Waals surface area contributed by atoms with Crippen molar-refractivity contribution in [3.8, 4) is 28.7 Å². The van der Waals surface area contributed by atoms with Gasteiger partial charge in [-0.15, -0.1) is 0 Å². The van der Waals surface area contributed by atoms with E-state index in [1.54, 1.807) is 37.4 Å². The molecule has 2 aromatic carbocycles. The van der Waals surface area contributed by atoms with Gasteiger partial charge in [-0.1, -0.05) is 0 Å². The van der Waals surface area contributed by atoms with Gasteiger partial charge in [0.2, 0.25) is 18.3 Å². The van der Waals surface area contributed by atoms with Crippen LogP contribution in [0.1, 0.15) is 22.3 Å². The monoisotopic (exact) mass is 374 g/mol. The first-order valence-corrected chi connectivity index (χ1v) is 8.46. The van der Waals surface area contributed by atoms with Gasteiger partial charge in [-0.3, -0.25) is 4.79 Å². The third-order valence-corrected chi connectivity index (χ3v) is 4.35. The Balaban J connectivity index is 1.75. The molecule has 0 amide bonds. The van der Waals surface area contributed by atoms with Crippen LogP contribution in [0.25, 0.3) is 0 Å². The molecule has 7 heteroatoms. The van der Waals surface area contributed by atoms with Gasteiger partial charge < -0.3 is 28.8 Å². The number of ketones is 1. The summed E-state index contributed by atoms with van der Waals surface area (Å²) >= 11 is 0. The highest BCUT2D eigenvalue weighted by molar-refractivity contribution is 5.96. The lowest BCUT2D eigenvalue weighted by Gasteiger charge is -2.16. The van der Waals surface area contributed by atoms with E-state index in [1.165, 1.54) is 14.2 Å². The summed E-state index contributed by atoms with van der Waals surface area (Å²) in [6.45, 7) is 0.0734. The number of carbonyl (C=O) groups is 1. The number of fused-ring (bicyclic) bond motifs is 1. The van der Waals surface area contributed by atoms with Crippen molar-refractivity contribution in [2.45, 2.75) is 18.9 Å². The number of carbonyl (C=O) groups excluding carboxylic acids is 1. The second-order valence-corrected chi connectivity index (χ2v) is 6.05. The summed E-state index contributed by atoms with van der Waals surface area (Å²) in [5.74, 6) is 2.40. The molecule has 1 N–H and O–H groups in total. The topological polar surface area (TPSA) is 83.5 Å². The molecule has 1 heterocycles. The zero-order valence-corrected chi connectivity index (χ0v) is 15.5. The second kappa shape index (κ2) is 8.18. The Kier molecular flexibility index (Phi) is 5.71. The minimum absolute atomic E-state index is 0.0216. The van der Waals surface area contributed by atoms with Crippen molar-refractivity contribution in [3.05, 3.63) is 41.5 Å². The fourth-order valence-electron chi connectivity index (χ4n) is 3.03. The third kappa shape index (κ3) is 3.93. The lowest BCUT2D eigenvalue weighted by Crippen LogP contribution is -2.17. The second-order valence-electron chi connectivity index (χ2n) is 6.05. The first-order valence-electron chi connectivity index (χ1n) is 8.46. The maximum Gasteiger partial charge on any atom is 0.231 e. The van der Waals surface area contributed by atoms with E-state index in [0.717, 1.165) is 0 Å². The molecule has 0 aliphatic carbocycles. The Morgan fingerprint density at radius 3 is 2.41 bits per heavy atom. The molecule has 144 valence electrons. The minimum Gasteiger partial charge on any atom is -0.497 e. The van der Waals surface area contributed by atoms with Crippen LogP contribution in [-0.4, -0.2) is 45.1 Å². The molecule has 0 fully saturated rings. The highest BCUT2D eigenvalue weighted by Crippen LogP contribution is 2.49. The van der Waals surface area contributed by atoms with Crippen LogP contribution < -0.4 is 23.7 Å². The average Bonchev–Trinajstić information content (AvgIpc) is 3.17. The highest BCUT2D eigenvalue weighted by Gasteiger charge is 2.28. The fraction of sp³-hybridized carbons (Fsp3) is 0.350. The van der Waals surface area contributed by atoms with Gasteiger partial charge in [0.25, 0.3) is 0 Å². The number of ether oxygens (including phenoxy) is 5. The smallest absolute Gasteiger partial charge is 0.231 e. The third-order valence-electron chi connectivity index (χ3n) is 4.35. The van der Waals surface area contributed by atoms with Crippen molar-refractivity contribution in [1.82, 2.24) is 0 Å². The molecule has 1 atom stereocenters. The van der Waals surface area contributed by atoms with Crippen molar-refractivity contribution >= 4 is 5.78 Å². The lowest BCUT2D eigenvalue weighted by molar-refractivity contribution is 0.0880. The summed E-state index contributed by atoms with van der Waals surface area (Å²) in [5.41, 5.74) is 1.19. The molecular weight excluding hydrogens is 352 g/mol. The maximum atomic E-state index is 12.4. The van der Waals surface area contributed by atoms with Crippen molar-refractivity contribution in [2.24, 2.45) is 0 Å². The standard InChI is InChI=1S/C20H22O7/c1-23-15-6-4-12(5-7-15)16(22)10-14(21)8-13-9-17(24-2)19-20(18(13)25-3)27-11-26-19/h4-7,9,14,21H,8,10-11H2,1-3H3/t14-/m1/s1. The maximum absolute atomic E-state index is 12.4. The molecule has 1 aliphatic heterocycles. The molecule has 0 unspecified atom stereocenters. The molecule has 0 saturated heterocycles. The Hall–Kier alpha value is -2.93. The van der Waals surface area contributed by atoms with Gasteiger partial charge in [0.05, 0.1) is 27.4 Å². The van der Waals surface area contributed by atoms with Crippen LogP contribution in [0.15, 0.2) is 30.3 Å². The number of hydrogen-bond acceptors (Lipinski definition) is 7. The molecule has 27 heavy (non-hydrogen) atoms.